The molecule has 0 aliphatic heterocycles. The second-order valence-electron chi connectivity index (χ2n) is 7.01. The van der Waals surface area contributed by atoms with E-state index in [0.717, 1.165) is 27.0 Å². The smallest absolute Gasteiger partial charge is 0.328 e. The van der Waals surface area contributed by atoms with Gasteiger partial charge in [0.2, 0.25) is 0 Å². The highest BCUT2D eigenvalue weighted by atomic mass is 32.1. The van der Waals surface area contributed by atoms with Crippen LogP contribution in [0.3, 0.4) is 0 Å². The van der Waals surface area contributed by atoms with Gasteiger partial charge in [-0.2, -0.15) is 0 Å². The van der Waals surface area contributed by atoms with Crippen molar-refractivity contribution in [2.24, 2.45) is 0 Å². The van der Waals surface area contributed by atoms with Gasteiger partial charge in [-0.25, -0.2) is 14.2 Å². The quantitative estimate of drug-likeness (QED) is 0.453. The number of carbonyl (C=O) groups excluding carboxylic acids is 1. The van der Waals surface area contributed by atoms with Gasteiger partial charge in [-0.3, -0.25) is 14.2 Å². The molecule has 0 saturated carbocycles. The zero-order valence-corrected chi connectivity index (χ0v) is 17.7. The fraction of sp³-hybridized carbons (Fsp3) is 0.130. The van der Waals surface area contributed by atoms with Crippen molar-refractivity contribution in [3.63, 3.8) is 0 Å². The third-order valence-electron chi connectivity index (χ3n) is 4.83. The predicted octanol–water partition coefficient (Wildman–Crippen LogP) is 2.82. The van der Waals surface area contributed by atoms with Gasteiger partial charge in [0.25, 0.3) is 11.5 Å². The minimum absolute atomic E-state index is 0.176. The second-order valence-corrected chi connectivity index (χ2v) is 7.86. The number of nitrogens with one attached hydrogen (secondary N) is 2. The largest absolute Gasteiger partial charge is 0.351 e. The summed E-state index contributed by atoms with van der Waals surface area (Å²) in [5.41, 5.74) is 0.309. The molecule has 7 nitrogen and oxygen atoms in total. The third kappa shape index (κ3) is 4.73. The fourth-order valence-electron chi connectivity index (χ4n) is 3.15. The van der Waals surface area contributed by atoms with E-state index in [1.807, 2.05) is 35.7 Å². The van der Waals surface area contributed by atoms with Crippen LogP contribution < -0.4 is 16.6 Å². The van der Waals surface area contributed by atoms with E-state index in [9.17, 15) is 18.8 Å². The summed E-state index contributed by atoms with van der Waals surface area (Å²) in [5.74, 6) is -1.15. The number of hydrogen-bond acceptors (Lipinski definition) is 5. The molecule has 4 rings (SSSR count). The molecule has 162 valence electrons. The zero-order valence-electron chi connectivity index (χ0n) is 16.9. The van der Waals surface area contributed by atoms with Crippen LogP contribution >= 0.6 is 11.3 Å². The van der Waals surface area contributed by atoms with E-state index < -0.39 is 23.0 Å². The standard InChI is InChI=1S/C23H19FN4O3S/c24-19-9-5-4-8-16(19)13-28-22(30)18(12-26-23(28)31)20(29)25-11-10-17-14-32-21(27-17)15-6-2-1-3-7-15/h1-9,12,14H,10-11,13H2,(H,25,29)(H,26,31). The Hall–Kier alpha value is -3.85. The summed E-state index contributed by atoms with van der Waals surface area (Å²) in [5, 5.41) is 5.49. The molecule has 0 spiro atoms. The minimum Gasteiger partial charge on any atom is -0.351 e. The van der Waals surface area contributed by atoms with Crippen molar-refractivity contribution in [1.29, 1.82) is 0 Å². The summed E-state index contributed by atoms with van der Waals surface area (Å²) in [4.78, 5) is 44.3. The summed E-state index contributed by atoms with van der Waals surface area (Å²) >= 11 is 1.52. The van der Waals surface area contributed by atoms with E-state index in [1.165, 1.54) is 29.5 Å². The Balaban J connectivity index is 1.43. The van der Waals surface area contributed by atoms with Gasteiger partial charge in [-0.1, -0.05) is 48.5 Å². The molecule has 0 bridgehead atoms. The Morgan fingerprint density at radius 1 is 1.09 bits per heavy atom. The number of nitrogens with zero attached hydrogens (tertiary/aromatic N) is 2. The molecule has 0 unspecified atom stereocenters. The number of carbonyl (C=O) groups is 1. The van der Waals surface area contributed by atoms with E-state index in [0.29, 0.717) is 6.42 Å². The van der Waals surface area contributed by atoms with E-state index >= 15 is 0 Å². The maximum absolute atomic E-state index is 13.9. The van der Waals surface area contributed by atoms with Crippen LogP contribution in [0.1, 0.15) is 21.6 Å². The normalized spacial score (nSPS) is 10.8. The van der Waals surface area contributed by atoms with E-state index in [2.05, 4.69) is 15.3 Å². The highest BCUT2D eigenvalue weighted by Gasteiger charge is 2.16. The van der Waals surface area contributed by atoms with Gasteiger partial charge < -0.3 is 10.3 Å². The Morgan fingerprint density at radius 3 is 2.62 bits per heavy atom. The van der Waals surface area contributed by atoms with Crippen LogP contribution in [-0.2, 0) is 13.0 Å². The summed E-state index contributed by atoms with van der Waals surface area (Å²) in [6.45, 7) is -0.00821. The molecular weight excluding hydrogens is 431 g/mol. The fourth-order valence-corrected chi connectivity index (χ4v) is 4.01. The van der Waals surface area contributed by atoms with Crippen molar-refractivity contribution in [2.75, 3.05) is 6.54 Å². The van der Waals surface area contributed by atoms with Crippen LogP contribution in [0.15, 0.2) is 75.8 Å². The first-order valence-corrected chi connectivity index (χ1v) is 10.7. The molecule has 0 aliphatic rings. The van der Waals surface area contributed by atoms with Crippen molar-refractivity contribution in [1.82, 2.24) is 19.9 Å². The van der Waals surface area contributed by atoms with Gasteiger partial charge in [0.05, 0.1) is 12.2 Å². The first kappa shape index (κ1) is 21.4. The lowest BCUT2D eigenvalue weighted by Crippen LogP contribution is -2.41. The van der Waals surface area contributed by atoms with Gasteiger partial charge in [-0.15, -0.1) is 11.3 Å². The Kier molecular flexibility index (Phi) is 6.37. The Morgan fingerprint density at radius 2 is 1.84 bits per heavy atom. The Labute approximate surface area is 186 Å². The number of aromatic nitrogens is 3. The number of aromatic amines is 1. The van der Waals surface area contributed by atoms with Crippen molar-refractivity contribution < 1.29 is 9.18 Å². The molecule has 32 heavy (non-hydrogen) atoms. The van der Waals surface area contributed by atoms with Crippen LogP contribution in [0.25, 0.3) is 10.6 Å². The van der Waals surface area contributed by atoms with Crippen LogP contribution in [0, 0.1) is 5.82 Å². The molecule has 4 aromatic rings. The molecular formula is C23H19FN4O3S. The molecule has 0 radical (unpaired) electrons. The molecule has 0 fully saturated rings. The van der Waals surface area contributed by atoms with Crippen molar-refractivity contribution >= 4 is 17.2 Å². The molecule has 2 heterocycles. The van der Waals surface area contributed by atoms with Crippen LogP contribution in [0.4, 0.5) is 4.39 Å². The highest BCUT2D eigenvalue weighted by Crippen LogP contribution is 2.23. The molecule has 0 aliphatic carbocycles. The first-order valence-electron chi connectivity index (χ1n) is 9.87. The second kappa shape index (κ2) is 9.52. The minimum atomic E-state index is -0.783. The van der Waals surface area contributed by atoms with Crippen LogP contribution in [-0.4, -0.2) is 27.0 Å². The van der Waals surface area contributed by atoms with Crippen LogP contribution in [0.5, 0.6) is 0 Å². The number of rotatable bonds is 7. The summed E-state index contributed by atoms with van der Waals surface area (Å²) < 4.78 is 14.7. The average Bonchev–Trinajstić information content (AvgIpc) is 3.27. The topological polar surface area (TPSA) is 96.8 Å². The SMILES string of the molecule is O=C(NCCc1csc(-c2ccccc2)n1)c1c[nH]c(=O)n(Cc2ccccc2F)c1=O. The van der Waals surface area contributed by atoms with Crippen molar-refractivity contribution in [3.05, 3.63) is 110 Å². The van der Waals surface area contributed by atoms with E-state index in [-0.39, 0.29) is 24.2 Å². The maximum Gasteiger partial charge on any atom is 0.328 e. The van der Waals surface area contributed by atoms with Gasteiger partial charge in [0.15, 0.2) is 0 Å². The number of benzene rings is 2. The van der Waals surface area contributed by atoms with E-state index in [4.69, 9.17) is 0 Å². The number of hydrogen-bond donors (Lipinski definition) is 2. The number of thiazole rings is 1. The molecule has 1 amide bonds. The van der Waals surface area contributed by atoms with Crippen molar-refractivity contribution in [2.45, 2.75) is 13.0 Å². The summed E-state index contributed by atoms with van der Waals surface area (Å²) in [7, 11) is 0. The molecule has 9 heteroatoms. The lowest BCUT2D eigenvalue weighted by Gasteiger charge is -2.08. The average molecular weight is 450 g/mol. The van der Waals surface area contributed by atoms with Gasteiger partial charge >= 0.3 is 5.69 Å². The van der Waals surface area contributed by atoms with Gasteiger partial charge in [0.1, 0.15) is 16.4 Å². The number of amides is 1. The Bertz CT molecular complexity index is 1360. The summed E-state index contributed by atoms with van der Waals surface area (Å²) in [6, 6.07) is 15.6. The molecule has 2 aromatic heterocycles. The third-order valence-corrected chi connectivity index (χ3v) is 5.77. The first-order chi connectivity index (χ1) is 15.5. The maximum atomic E-state index is 13.9. The summed E-state index contributed by atoms with van der Waals surface area (Å²) in [6.07, 6.45) is 1.57. The molecule has 0 atom stereocenters. The predicted molar refractivity (Wildman–Crippen MR) is 120 cm³/mol. The highest BCUT2D eigenvalue weighted by molar-refractivity contribution is 7.13. The number of H-pyrrole nitrogens is 1. The van der Waals surface area contributed by atoms with Gasteiger partial charge in [0, 0.05) is 35.7 Å². The van der Waals surface area contributed by atoms with Gasteiger partial charge in [-0.05, 0) is 6.07 Å². The molecule has 2 N–H and O–H groups in total. The van der Waals surface area contributed by atoms with Crippen LogP contribution in [0.2, 0.25) is 0 Å². The lowest BCUT2D eigenvalue weighted by molar-refractivity contribution is 0.0951. The lowest BCUT2D eigenvalue weighted by atomic mass is 10.2. The zero-order chi connectivity index (χ0) is 22.5. The van der Waals surface area contributed by atoms with E-state index in [1.54, 1.807) is 6.07 Å². The number of halogens is 1. The molecule has 2 aromatic carbocycles. The van der Waals surface area contributed by atoms with Crippen molar-refractivity contribution in [3.8, 4) is 10.6 Å². The molecule has 0 saturated heterocycles. The monoisotopic (exact) mass is 450 g/mol.